The van der Waals surface area contributed by atoms with E-state index in [2.05, 4.69) is 9.98 Å². The minimum absolute atomic E-state index is 0.201. The lowest BCUT2D eigenvalue weighted by atomic mass is 9.95. The zero-order chi connectivity index (χ0) is 23.0. The maximum Gasteiger partial charge on any atom is 0.227 e. The monoisotopic (exact) mass is 434 g/mol. The number of halogens is 3. The van der Waals surface area contributed by atoms with Crippen molar-refractivity contribution in [1.82, 2.24) is 4.98 Å². The van der Waals surface area contributed by atoms with Crippen molar-refractivity contribution in [2.45, 2.75) is 20.8 Å². The molecule has 6 heteroatoms. The molecule has 0 N–H and O–H groups in total. The maximum absolute atomic E-state index is 13.9. The average molecular weight is 434 g/mol. The van der Waals surface area contributed by atoms with E-state index in [1.165, 1.54) is 6.21 Å². The first-order valence-electron chi connectivity index (χ1n) is 10.1. The Kier molecular flexibility index (Phi) is 5.70. The Balaban J connectivity index is 1.93. The second-order valence-corrected chi connectivity index (χ2v) is 7.65. The van der Waals surface area contributed by atoms with Crippen molar-refractivity contribution in [3.63, 3.8) is 0 Å². The number of hydrogen-bond donors (Lipinski definition) is 0. The highest BCUT2D eigenvalue weighted by Gasteiger charge is 2.17. The van der Waals surface area contributed by atoms with Gasteiger partial charge in [-0.15, -0.1) is 0 Å². The average Bonchev–Trinajstić information content (AvgIpc) is 3.11. The molecule has 2 heterocycles. The highest BCUT2D eigenvalue weighted by atomic mass is 19.2. The van der Waals surface area contributed by atoms with Crippen LogP contribution in [0, 0.1) is 31.3 Å². The van der Waals surface area contributed by atoms with Crippen LogP contribution in [0.25, 0.3) is 33.2 Å². The van der Waals surface area contributed by atoms with Gasteiger partial charge in [0.2, 0.25) is 5.71 Å². The minimum Gasteiger partial charge on any atom is -0.437 e. The van der Waals surface area contributed by atoms with Gasteiger partial charge in [0, 0.05) is 35.3 Å². The van der Waals surface area contributed by atoms with Crippen LogP contribution in [0.2, 0.25) is 0 Å². The predicted octanol–water partition coefficient (Wildman–Crippen LogP) is 7.20. The van der Waals surface area contributed by atoms with E-state index in [0.29, 0.717) is 16.9 Å². The summed E-state index contributed by atoms with van der Waals surface area (Å²) in [5.41, 5.74) is 5.42. The lowest BCUT2D eigenvalue weighted by Crippen LogP contribution is -1.95. The van der Waals surface area contributed by atoms with Crippen LogP contribution in [0.1, 0.15) is 29.3 Å². The fourth-order valence-electron chi connectivity index (χ4n) is 3.81. The Bertz CT molecular complexity index is 1420. The third-order valence-corrected chi connectivity index (χ3v) is 5.34. The molecule has 0 saturated heterocycles. The predicted molar refractivity (Wildman–Crippen MR) is 123 cm³/mol. The van der Waals surface area contributed by atoms with Crippen LogP contribution in [0.5, 0.6) is 0 Å². The van der Waals surface area contributed by atoms with Gasteiger partial charge in [0.25, 0.3) is 0 Å². The number of pyridine rings is 1. The van der Waals surface area contributed by atoms with Gasteiger partial charge in [-0.05, 0) is 73.4 Å². The fraction of sp³-hybridized carbons (Fsp3) is 0.154. The van der Waals surface area contributed by atoms with E-state index in [-0.39, 0.29) is 5.56 Å². The van der Waals surface area contributed by atoms with E-state index >= 15 is 0 Å². The van der Waals surface area contributed by atoms with E-state index in [4.69, 9.17) is 4.42 Å². The lowest BCUT2D eigenvalue weighted by Gasteiger charge is -2.10. The molecule has 162 valence electrons. The summed E-state index contributed by atoms with van der Waals surface area (Å²) in [5.74, 6) is -3.99. The highest BCUT2D eigenvalue weighted by molar-refractivity contribution is 6.08. The first kappa shape index (κ1) is 21.6. The molecular formula is C26H21F3N2O. The van der Waals surface area contributed by atoms with Gasteiger partial charge in [-0.2, -0.15) is 0 Å². The normalized spacial score (nSPS) is 13.1. The Labute approximate surface area is 183 Å². The Morgan fingerprint density at radius 3 is 2.38 bits per heavy atom. The van der Waals surface area contributed by atoms with Crippen LogP contribution in [0.4, 0.5) is 13.2 Å². The summed E-state index contributed by atoms with van der Waals surface area (Å²) in [4.78, 5) is 8.41. The summed E-state index contributed by atoms with van der Waals surface area (Å²) >= 11 is 0. The molecule has 4 rings (SSSR count). The molecule has 0 aliphatic carbocycles. The Morgan fingerprint density at radius 1 is 1.00 bits per heavy atom. The van der Waals surface area contributed by atoms with Crippen molar-refractivity contribution in [3.05, 3.63) is 88.4 Å². The second-order valence-electron chi connectivity index (χ2n) is 7.65. The highest BCUT2D eigenvalue weighted by Crippen LogP contribution is 2.36. The smallest absolute Gasteiger partial charge is 0.227 e. The third kappa shape index (κ3) is 3.84. The number of fused-ring (bicyclic) bond motifs is 3. The first-order valence-corrected chi connectivity index (χ1v) is 10.1. The van der Waals surface area contributed by atoms with E-state index < -0.39 is 17.5 Å². The zero-order valence-corrected chi connectivity index (χ0v) is 18.1. The molecule has 0 saturated carbocycles. The molecule has 3 nitrogen and oxygen atoms in total. The summed E-state index contributed by atoms with van der Waals surface area (Å²) in [6.45, 7) is 5.75. The van der Waals surface area contributed by atoms with Crippen molar-refractivity contribution in [2.75, 3.05) is 7.05 Å². The molecule has 0 spiro atoms. The van der Waals surface area contributed by atoms with Crippen LogP contribution in [-0.2, 0) is 0 Å². The standard InChI is InChI=1S/C26H21F3N2O/c1-14-5-7-19-20-8-6-16(3)31-26(20)32-25(19)23(14)15(2)11-17(9-10-30-4)18-12-21(27)24(29)22(28)13-18/h5-13H,1-4H3/b15-11+,17-9+,30-10+. The van der Waals surface area contributed by atoms with E-state index in [1.807, 2.05) is 45.0 Å². The molecule has 0 fully saturated rings. The molecule has 0 bridgehead atoms. The third-order valence-electron chi connectivity index (χ3n) is 5.34. The molecule has 2 aromatic carbocycles. The van der Waals surface area contributed by atoms with Crippen molar-refractivity contribution in [1.29, 1.82) is 0 Å². The summed E-state index contributed by atoms with van der Waals surface area (Å²) in [6.07, 6.45) is 4.91. The van der Waals surface area contributed by atoms with Crippen LogP contribution in [0.3, 0.4) is 0 Å². The SMILES string of the molecule is C/N=C/C=C(\C=C(/C)c1c(C)ccc2c1oc1nc(C)ccc12)c1cc(F)c(F)c(F)c1. The molecule has 0 aliphatic heterocycles. The number of benzene rings is 2. The minimum atomic E-state index is -1.50. The van der Waals surface area contributed by atoms with Crippen LogP contribution in [0.15, 0.2) is 58.0 Å². The van der Waals surface area contributed by atoms with Gasteiger partial charge in [0.05, 0.1) is 0 Å². The van der Waals surface area contributed by atoms with Crippen LogP contribution in [-0.4, -0.2) is 18.2 Å². The van der Waals surface area contributed by atoms with Gasteiger partial charge in [-0.25, -0.2) is 18.2 Å². The van der Waals surface area contributed by atoms with Crippen LogP contribution < -0.4 is 0 Å². The van der Waals surface area contributed by atoms with Crippen molar-refractivity contribution in [2.24, 2.45) is 4.99 Å². The molecule has 0 amide bonds. The number of aryl methyl sites for hydroxylation is 2. The number of aliphatic imine (C=N–C) groups is 1. The summed E-state index contributed by atoms with van der Waals surface area (Å²) < 4.78 is 47.4. The molecule has 32 heavy (non-hydrogen) atoms. The molecule has 2 aromatic heterocycles. The first-order chi connectivity index (χ1) is 15.3. The summed E-state index contributed by atoms with van der Waals surface area (Å²) in [7, 11) is 1.59. The van der Waals surface area contributed by atoms with Gasteiger partial charge in [0.15, 0.2) is 17.5 Å². The number of nitrogens with zero attached hydrogens (tertiary/aromatic N) is 2. The van der Waals surface area contributed by atoms with Gasteiger partial charge < -0.3 is 4.42 Å². The topological polar surface area (TPSA) is 38.4 Å². The van der Waals surface area contributed by atoms with Gasteiger partial charge >= 0.3 is 0 Å². The van der Waals surface area contributed by atoms with Crippen molar-refractivity contribution >= 4 is 39.4 Å². The van der Waals surface area contributed by atoms with E-state index in [0.717, 1.165) is 45.3 Å². The van der Waals surface area contributed by atoms with Crippen molar-refractivity contribution < 1.29 is 17.6 Å². The largest absolute Gasteiger partial charge is 0.437 e. The van der Waals surface area contributed by atoms with E-state index in [9.17, 15) is 13.2 Å². The summed E-state index contributed by atoms with van der Waals surface area (Å²) in [5, 5.41) is 1.84. The molecular weight excluding hydrogens is 413 g/mol. The number of allylic oxidation sites excluding steroid dienone is 4. The summed E-state index contributed by atoms with van der Waals surface area (Å²) in [6, 6.07) is 9.85. The number of rotatable bonds is 4. The molecule has 0 atom stereocenters. The zero-order valence-electron chi connectivity index (χ0n) is 18.1. The number of hydrogen-bond acceptors (Lipinski definition) is 3. The van der Waals surface area contributed by atoms with Crippen molar-refractivity contribution in [3.8, 4) is 0 Å². The van der Waals surface area contributed by atoms with Crippen LogP contribution >= 0.6 is 0 Å². The number of aromatic nitrogens is 1. The molecule has 0 aliphatic rings. The molecule has 4 aromatic rings. The fourth-order valence-corrected chi connectivity index (χ4v) is 3.81. The van der Waals surface area contributed by atoms with Gasteiger partial charge in [0.1, 0.15) is 5.58 Å². The second kappa shape index (κ2) is 8.46. The lowest BCUT2D eigenvalue weighted by molar-refractivity contribution is 0.446. The van der Waals surface area contributed by atoms with Gasteiger partial charge in [-0.1, -0.05) is 18.2 Å². The van der Waals surface area contributed by atoms with E-state index in [1.54, 1.807) is 19.2 Å². The Morgan fingerprint density at radius 2 is 1.69 bits per heavy atom. The Hall–Kier alpha value is -3.67. The number of furan rings is 1. The molecule has 0 radical (unpaired) electrons. The van der Waals surface area contributed by atoms with Gasteiger partial charge in [-0.3, -0.25) is 4.99 Å². The quantitative estimate of drug-likeness (QED) is 0.193. The maximum atomic E-state index is 13.9. The molecule has 0 unspecified atom stereocenters.